The molecule has 5 heteroatoms. The number of ether oxygens (including phenoxy) is 2. The summed E-state index contributed by atoms with van der Waals surface area (Å²) in [6.45, 7) is 2.41. The summed E-state index contributed by atoms with van der Waals surface area (Å²) in [6, 6.07) is 15.8. The van der Waals surface area contributed by atoms with Gasteiger partial charge >= 0.3 is 0 Å². The van der Waals surface area contributed by atoms with E-state index < -0.39 is 0 Å². The topological polar surface area (TPSA) is 42.0 Å². The number of amides is 1. The molecule has 0 aromatic heterocycles. The summed E-state index contributed by atoms with van der Waals surface area (Å²) in [5, 5.41) is 0. The van der Waals surface area contributed by atoms with Crippen molar-refractivity contribution in [2.24, 2.45) is 0 Å². The zero-order valence-electron chi connectivity index (χ0n) is 16.1. The minimum atomic E-state index is 0.00910. The van der Waals surface area contributed by atoms with Gasteiger partial charge in [0.25, 0.3) is 0 Å². The van der Waals surface area contributed by atoms with E-state index in [1.54, 1.807) is 26.4 Å². The van der Waals surface area contributed by atoms with Crippen molar-refractivity contribution in [3.8, 4) is 11.5 Å². The molecular weight excluding hydrogens is 340 g/mol. The van der Waals surface area contributed by atoms with Gasteiger partial charge in [0, 0.05) is 37.3 Å². The number of rotatable bonds is 5. The lowest BCUT2D eigenvalue weighted by atomic mass is 10.0. The standard InChI is InChI=1S/C22H26N2O3/c1-23-13-14-24(20(16-23)17-7-5-4-6-8-17)22(25)12-10-18-9-11-19(26-2)15-21(18)27-3/h4-12,15,20H,13-14,16H2,1-3H3/b12-10+. The van der Waals surface area contributed by atoms with Crippen LogP contribution in [0, 0.1) is 0 Å². The summed E-state index contributed by atoms with van der Waals surface area (Å²) in [5.74, 6) is 1.41. The van der Waals surface area contributed by atoms with Crippen molar-refractivity contribution in [3.05, 3.63) is 65.7 Å². The average Bonchev–Trinajstić information content (AvgIpc) is 2.72. The van der Waals surface area contributed by atoms with Gasteiger partial charge in [0.2, 0.25) is 5.91 Å². The van der Waals surface area contributed by atoms with Crippen molar-refractivity contribution in [1.82, 2.24) is 9.80 Å². The van der Waals surface area contributed by atoms with Gasteiger partial charge in [0.15, 0.2) is 0 Å². The Hall–Kier alpha value is -2.79. The van der Waals surface area contributed by atoms with Crippen molar-refractivity contribution in [2.45, 2.75) is 6.04 Å². The molecule has 0 aliphatic carbocycles. The highest BCUT2D eigenvalue weighted by Crippen LogP contribution is 2.27. The Morgan fingerprint density at radius 2 is 1.85 bits per heavy atom. The van der Waals surface area contributed by atoms with Crippen molar-refractivity contribution >= 4 is 12.0 Å². The molecule has 0 bridgehead atoms. The van der Waals surface area contributed by atoms with E-state index >= 15 is 0 Å². The molecule has 1 aliphatic rings. The largest absolute Gasteiger partial charge is 0.497 e. The molecule has 27 heavy (non-hydrogen) atoms. The van der Waals surface area contributed by atoms with Crippen LogP contribution in [0.4, 0.5) is 0 Å². The second kappa shape index (κ2) is 8.73. The fraction of sp³-hybridized carbons (Fsp3) is 0.318. The molecule has 1 amide bonds. The Balaban J connectivity index is 1.80. The smallest absolute Gasteiger partial charge is 0.247 e. The molecule has 5 nitrogen and oxygen atoms in total. The summed E-state index contributed by atoms with van der Waals surface area (Å²) >= 11 is 0. The quantitative estimate of drug-likeness (QED) is 0.762. The fourth-order valence-corrected chi connectivity index (χ4v) is 3.36. The van der Waals surface area contributed by atoms with Crippen molar-refractivity contribution in [1.29, 1.82) is 0 Å². The van der Waals surface area contributed by atoms with Gasteiger partial charge in [-0.3, -0.25) is 4.79 Å². The fourth-order valence-electron chi connectivity index (χ4n) is 3.36. The highest BCUT2D eigenvalue weighted by atomic mass is 16.5. The van der Waals surface area contributed by atoms with Crippen molar-refractivity contribution in [2.75, 3.05) is 40.9 Å². The molecule has 1 atom stereocenters. The first-order valence-corrected chi connectivity index (χ1v) is 9.06. The van der Waals surface area contributed by atoms with Gasteiger partial charge in [-0.15, -0.1) is 0 Å². The second-order valence-electron chi connectivity index (χ2n) is 6.66. The van der Waals surface area contributed by atoms with Gasteiger partial charge in [-0.1, -0.05) is 30.3 Å². The van der Waals surface area contributed by atoms with Crippen LogP contribution in [0.25, 0.3) is 6.08 Å². The first-order chi connectivity index (χ1) is 13.1. The van der Waals surface area contributed by atoms with Crippen LogP contribution in [0.15, 0.2) is 54.6 Å². The Bertz CT molecular complexity index is 804. The summed E-state index contributed by atoms with van der Waals surface area (Å²) in [4.78, 5) is 17.1. The molecule has 0 spiro atoms. The SMILES string of the molecule is COc1ccc(/C=C/C(=O)N2CCN(C)CC2c2ccccc2)c(OC)c1. The monoisotopic (exact) mass is 366 g/mol. The third kappa shape index (κ3) is 4.49. The highest BCUT2D eigenvalue weighted by molar-refractivity contribution is 5.92. The van der Waals surface area contributed by atoms with Crippen LogP contribution >= 0.6 is 0 Å². The molecule has 1 aliphatic heterocycles. The van der Waals surface area contributed by atoms with Crippen LogP contribution in [0.2, 0.25) is 0 Å². The number of nitrogens with zero attached hydrogens (tertiary/aromatic N) is 2. The van der Waals surface area contributed by atoms with Crippen LogP contribution in [0.5, 0.6) is 11.5 Å². The van der Waals surface area contributed by atoms with Gasteiger partial charge in [-0.05, 0) is 30.8 Å². The minimum Gasteiger partial charge on any atom is -0.497 e. The third-order valence-electron chi connectivity index (χ3n) is 4.90. The van der Waals surface area contributed by atoms with Gasteiger partial charge < -0.3 is 19.3 Å². The predicted molar refractivity (Wildman–Crippen MR) is 107 cm³/mol. The van der Waals surface area contributed by atoms with Crippen molar-refractivity contribution in [3.63, 3.8) is 0 Å². The molecule has 2 aromatic rings. The number of carbonyl (C=O) groups excluding carboxylic acids is 1. The Kier molecular flexibility index (Phi) is 6.14. The summed E-state index contributed by atoms with van der Waals surface area (Å²) in [5.41, 5.74) is 2.00. The summed E-state index contributed by atoms with van der Waals surface area (Å²) < 4.78 is 10.6. The van der Waals surface area contributed by atoms with Crippen LogP contribution in [-0.4, -0.2) is 56.6 Å². The van der Waals surface area contributed by atoms with E-state index in [1.165, 1.54) is 0 Å². The summed E-state index contributed by atoms with van der Waals surface area (Å²) in [6.07, 6.45) is 3.44. The molecule has 3 rings (SSSR count). The number of likely N-dealkylation sites (N-methyl/N-ethyl adjacent to an activating group) is 1. The normalized spacial score (nSPS) is 17.9. The van der Waals surface area contributed by atoms with E-state index in [9.17, 15) is 4.79 Å². The van der Waals surface area contributed by atoms with Crippen LogP contribution in [0.3, 0.4) is 0 Å². The molecule has 0 saturated carbocycles. The lowest BCUT2D eigenvalue weighted by Gasteiger charge is -2.40. The summed E-state index contributed by atoms with van der Waals surface area (Å²) in [7, 11) is 5.32. The molecule has 1 saturated heterocycles. The molecule has 1 fully saturated rings. The number of hydrogen-bond donors (Lipinski definition) is 0. The predicted octanol–water partition coefficient (Wildman–Crippen LogP) is 3.23. The van der Waals surface area contributed by atoms with Gasteiger partial charge in [0.05, 0.1) is 20.3 Å². The zero-order valence-corrected chi connectivity index (χ0v) is 16.1. The molecular formula is C22H26N2O3. The highest BCUT2D eigenvalue weighted by Gasteiger charge is 2.29. The lowest BCUT2D eigenvalue weighted by Crippen LogP contribution is -2.48. The maximum atomic E-state index is 12.9. The first-order valence-electron chi connectivity index (χ1n) is 9.06. The molecule has 142 valence electrons. The van der Waals surface area contributed by atoms with E-state index in [4.69, 9.17) is 9.47 Å². The van der Waals surface area contributed by atoms with E-state index in [0.717, 1.165) is 30.0 Å². The molecule has 1 heterocycles. The van der Waals surface area contributed by atoms with Crippen LogP contribution in [-0.2, 0) is 4.79 Å². The number of benzene rings is 2. The number of carbonyl (C=O) groups is 1. The van der Waals surface area contributed by atoms with Gasteiger partial charge in [-0.25, -0.2) is 0 Å². The van der Waals surface area contributed by atoms with Crippen LogP contribution in [0.1, 0.15) is 17.2 Å². The third-order valence-corrected chi connectivity index (χ3v) is 4.90. The Morgan fingerprint density at radius 1 is 1.07 bits per heavy atom. The number of hydrogen-bond acceptors (Lipinski definition) is 4. The van der Waals surface area contributed by atoms with E-state index in [2.05, 4.69) is 24.1 Å². The van der Waals surface area contributed by atoms with Crippen LogP contribution < -0.4 is 9.47 Å². The van der Waals surface area contributed by atoms with E-state index in [0.29, 0.717) is 12.3 Å². The van der Waals surface area contributed by atoms with Crippen molar-refractivity contribution < 1.29 is 14.3 Å². The maximum Gasteiger partial charge on any atom is 0.247 e. The average molecular weight is 366 g/mol. The maximum absolute atomic E-state index is 12.9. The first kappa shape index (κ1) is 19.0. The molecule has 1 unspecified atom stereocenters. The van der Waals surface area contributed by atoms with E-state index in [1.807, 2.05) is 41.3 Å². The number of methoxy groups -OCH3 is 2. The Morgan fingerprint density at radius 3 is 2.56 bits per heavy atom. The molecule has 2 aromatic carbocycles. The Labute approximate surface area is 160 Å². The number of piperazine rings is 1. The van der Waals surface area contributed by atoms with Gasteiger partial charge in [0.1, 0.15) is 11.5 Å². The van der Waals surface area contributed by atoms with E-state index in [-0.39, 0.29) is 11.9 Å². The molecule has 0 radical (unpaired) electrons. The molecule has 0 N–H and O–H groups in total. The second-order valence-corrected chi connectivity index (χ2v) is 6.66. The zero-order chi connectivity index (χ0) is 19.2. The lowest BCUT2D eigenvalue weighted by molar-refractivity contribution is -0.130. The minimum absolute atomic E-state index is 0.00910. The van der Waals surface area contributed by atoms with Gasteiger partial charge in [-0.2, -0.15) is 0 Å².